The van der Waals surface area contributed by atoms with Gasteiger partial charge in [0.25, 0.3) is 0 Å². The Morgan fingerprint density at radius 1 is 0.308 bits per heavy atom. The summed E-state index contributed by atoms with van der Waals surface area (Å²) in [6.07, 6.45) is 107. The molecule has 0 saturated heterocycles. The molecule has 536 valence electrons. The van der Waals surface area contributed by atoms with E-state index in [2.05, 4.69) is 67.8 Å². The van der Waals surface area contributed by atoms with Crippen molar-refractivity contribution in [1.29, 1.82) is 0 Å². The van der Waals surface area contributed by atoms with Crippen LogP contribution in [0, 0.1) is 0 Å². The topological polar surface area (TPSA) is 95.9 Å². The fourth-order valence-corrected chi connectivity index (χ4v) is 13.1. The Bertz CT molecular complexity index is 1520. The Kier molecular flexibility index (Phi) is 78.3. The highest BCUT2D eigenvalue weighted by atomic mass is 16.5. The van der Waals surface area contributed by atoms with Crippen molar-refractivity contribution in [2.24, 2.45) is 0 Å². The number of carbonyl (C=O) groups is 2. The largest absolute Gasteiger partial charge is 0.466 e. The number of hydrogen-bond donors (Lipinski definition) is 3. The lowest BCUT2D eigenvalue weighted by Crippen LogP contribution is -2.45. The third-order valence-corrected chi connectivity index (χ3v) is 19.4. The van der Waals surface area contributed by atoms with Gasteiger partial charge in [-0.1, -0.05) is 403 Å². The molecular formula is C85H161NO5. The van der Waals surface area contributed by atoms with E-state index in [1.54, 1.807) is 0 Å². The number of nitrogens with one attached hydrogen (secondary N) is 1. The minimum atomic E-state index is -0.663. The zero-order valence-electron chi connectivity index (χ0n) is 61.6. The van der Waals surface area contributed by atoms with Crippen molar-refractivity contribution in [3.05, 3.63) is 48.6 Å². The molecule has 6 nitrogen and oxygen atoms in total. The van der Waals surface area contributed by atoms with Gasteiger partial charge in [-0.05, 0) is 89.9 Å². The summed E-state index contributed by atoms with van der Waals surface area (Å²) in [7, 11) is 0. The third kappa shape index (κ3) is 76.7. The van der Waals surface area contributed by atoms with Gasteiger partial charge in [-0.25, -0.2) is 0 Å². The van der Waals surface area contributed by atoms with E-state index in [0.717, 1.165) is 57.8 Å². The second kappa shape index (κ2) is 80.3. The number of esters is 1. The van der Waals surface area contributed by atoms with Crippen molar-refractivity contribution >= 4 is 11.9 Å². The van der Waals surface area contributed by atoms with Crippen LogP contribution in [-0.4, -0.2) is 47.4 Å². The second-order valence-corrected chi connectivity index (χ2v) is 28.5. The van der Waals surface area contributed by atoms with E-state index in [1.807, 2.05) is 0 Å². The van der Waals surface area contributed by atoms with Crippen LogP contribution in [0.2, 0.25) is 0 Å². The standard InChI is InChI=1S/C85H161NO5/c1-3-5-7-9-11-13-15-17-19-21-43-47-51-55-59-63-67-71-75-79-85(90)91-80-76-72-68-64-60-56-52-48-45-42-40-38-36-34-32-30-28-26-24-22-23-25-27-29-31-33-35-37-39-41-44-46-50-54-58-62-66-70-74-78-84(89)86-82(81-87)83(88)77-73-69-65-61-57-53-49-20-18-16-14-12-10-8-6-4-2/h11,13,17,19,22-23,26,28,82-83,87-88H,3-10,12,14-16,18,20-21,24-25,27,29-81H2,1-2H3,(H,86,89)/b13-11-,19-17-,23-22-,28-26-. The molecule has 0 saturated carbocycles. The maximum absolute atomic E-state index is 12.5. The van der Waals surface area contributed by atoms with Gasteiger partial charge < -0.3 is 20.3 Å². The number of carbonyl (C=O) groups excluding carboxylic acids is 2. The Balaban J connectivity index is 3.34. The van der Waals surface area contributed by atoms with Crippen LogP contribution < -0.4 is 5.32 Å². The van der Waals surface area contributed by atoms with Crippen molar-refractivity contribution in [2.45, 2.75) is 469 Å². The van der Waals surface area contributed by atoms with Gasteiger partial charge in [0.2, 0.25) is 5.91 Å². The van der Waals surface area contributed by atoms with Gasteiger partial charge >= 0.3 is 5.97 Å². The van der Waals surface area contributed by atoms with Crippen LogP contribution in [0.25, 0.3) is 0 Å². The number of unbranched alkanes of at least 4 members (excludes halogenated alkanes) is 59. The molecular weight excluding hydrogens is 1110 g/mol. The molecule has 0 heterocycles. The van der Waals surface area contributed by atoms with E-state index in [0.29, 0.717) is 25.9 Å². The molecule has 3 N–H and O–H groups in total. The third-order valence-electron chi connectivity index (χ3n) is 19.4. The quantitative estimate of drug-likeness (QED) is 0.0320. The Hall–Kier alpha value is -2.18. The number of amides is 1. The molecule has 0 aromatic rings. The SMILES string of the molecule is CCCCC/C=C\C/C=C\CCCCCCCCCCCC(=O)OCCCCCCCCCCCCCCCCC/C=C\C/C=C\CCCCCCCCCCCCCCCCCCCC(=O)NC(CO)C(O)CCCCCCCCCCCCCCCCCC. The molecule has 0 bridgehead atoms. The summed E-state index contributed by atoms with van der Waals surface area (Å²) in [5, 5.41) is 23.4. The molecule has 2 atom stereocenters. The minimum Gasteiger partial charge on any atom is -0.466 e. The number of hydrogen-bond acceptors (Lipinski definition) is 5. The Labute approximate surface area is 569 Å². The van der Waals surface area contributed by atoms with E-state index >= 15 is 0 Å². The maximum atomic E-state index is 12.5. The molecule has 0 fully saturated rings. The van der Waals surface area contributed by atoms with Gasteiger partial charge in [0, 0.05) is 12.8 Å². The molecule has 91 heavy (non-hydrogen) atoms. The number of aliphatic hydroxyl groups is 2. The molecule has 0 aromatic carbocycles. The van der Waals surface area contributed by atoms with Gasteiger partial charge in [-0.15, -0.1) is 0 Å². The molecule has 0 radical (unpaired) electrons. The minimum absolute atomic E-state index is 0.0171. The van der Waals surface area contributed by atoms with Crippen LogP contribution in [0.1, 0.15) is 457 Å². The fourth-order valence-electron chi connectivity index (χ4n) is 13.1. The second-order valence-electron chi connectivity index (χ2n) is 28.5. The highest BCUT2D eigenvalue weighted by Gasteiger charge is 2.20. The van der Waals surface area contributed by atoms with E-state index < -0.39 is 12.1 Å². The summed E-state index contributed by atoms with van der Waals surface area (Å²) in [5.41, 5.74) is 0. The first-order valence-corrected chi connectivity index (χ1v) is 41.4. The number of aliphatic hydroxyl groups excluding tert-OH is 2. The molecule has 6 heteroatoms. The molecule has 2 unspecified atom stereocenters. The first-order valence-electron chi connectivity index (χ1n) is 41.4. The summed E-state index contributed by atoms with van der Waals surface area (Å²) in [6.45, 7) is 4.97. The zero-order chi connectivity index (χ0) is 65.6. The van der Waals surface area contributed by atoms with E-state index in [-0.39, 0.29) is 18.5 Å². The van der Waals surface area contributed by atoms with Crippen molar-refractivity contribution in [3.8, 4) is 0 Å². The predicted octanol–water partition coefficient (Wildman–Crippen LogP) is 27.5. The molecule has 0 aliphatic carbocycles. The van der Waals surface area contributed by atoms with E-state index in [1.165, 1.54) is 366 Å². The van der Waals surface area contributed by atoms with E-state index in [9.17, 15) is 19.8 Å². The van der Waals surface area contributed by atoms with Crippen LogP contribution in [0.3, 0.4) is 0 Å². The van der Waals surface area contributed by atoms with Gasteiger partial charge in [-0.3, -0.25) is 9.59 Å². The van der Waals surface area contributed by atoms with Gasteiger partial charge in [0.1, 0.15) is 0 Å². The number of rotatable bonds is 78. The lowest BCUT2D eigenvalue weighted by Gasteiger charge is -2.22. The highest BCUT2D eigenvalue weighted by Crippen LogP contribution is 2.20. The van der Waals surface area contributed by atoms with Crippen molar-refractivity contribution in [2.75, 3.05) is 13.2 Å². The summed E-state index contributed by atoms with van der Waals surface area (Å²) < 4.78 is 5.52. The maximum Gasteiger partial charge on any atom is 0.305 e. The number of allylic oxidation sites excluding steroid dienone is 8. The van der Waals surface area contributed by atoms with Crippen molar-refractivity contribution in [1.82, 2.24) is 5.32 Å². The van der Waals surface area contributed by atoms with E-state index in [4.69, 9.17) is 4.74 Å². The fraction of sp³-hybridized carbons (Fsp3) is 0.882. The molecule has 0 spiro atoms. The lowest BCUT2D eigenvalue weighted by molar-refractivity contribution is -0.143. The number of ether oxygens (including phenoxy) is 1. The first-order chi connectivity index (χ1) is 45.0. The van der Waals surface area contributed by atoms with Crippen LogP contribution in [0.4, 0.5) is 0 Å². The average Bonchev–Trinajstić information content (AvgIpc) is 3.67. The lowest BCUT2D eigenvalue weighted by atomic mass is 10.0. The summed E-state index contributed by atoms with van der Waals surface area (Å²) >= 11 is 0. The summed E-state index contributed by atoms with van der Waals surface area (Å²) in [6, 6.07) is -0.540. The molecule has 0 aromatic heterocycles. The molecule has 1 amide bonds. The zero-order valence-corrected chi connectivity index (χ0v) is 61.6. The molecule has 0 aliphatic rings. The molecule has 0 rings (SSSR count). The normalized spacial score (nSPS) is 12.7. The molecule has 0 aliphatic heterocycles. The van der Waals surface area contributed by atoms with Crippen molar-refractivity contribution in [3.63, 3.8) is 0 Å². The Morgan fingerprint density at radius 3 is 0.857 bits per heavy atom. The smallest absolute Gasteiger partial charge is 0.305 e. The van der Waals surface area contributed by atoms with Crippen molar-refractivity contribution < 1.29 is 24.5 Å². The first kappa shape index (κ1) is 88.8. The average molecular weight is 1280 g/mol. The monoisotopic (exact) mass is 1280 g/mol. The van der Waals surface area contributed by atoms with Crippen LogP contribution in [0.15, 0.2) is 48.6 Å². The van der Waals surface area contributed by atoms with Gasteiger partial charge in [-0.2, -0.15) is 0 Å². The highest BCUT2D eigenvalue weighted by molar-refractivity contribution is 5.76. The van der Waals surface area contributed by atoms with Crippen LogP contribution in [-0.2, 0) is 14.3 Å². The van der Waals surface area contributed by atoms with Crippen LogP contribution in [0.5, 0.6) is 0 Å². The predicted molar refractivity (Wildman–Crippen MR) is 402 cm³/mol. The van der Waals surface area contributed by atoms with Crippen LogP contribution >= 0.6 is 0 Å². The summed E-state index contributed by atoms with van der Waals surface area (Å²) in [4.78, 5) is 24.7. The van der Waals surface area contributed by atoms with Gasteiger partial charge in [0.05, 0.1) is 25.4 Å². The van der Waals surface area contributed by atoms with Gasteiger partial charge in [0.15, 0.2) is 0 Å². The summed E-state index contributed by atoms with van der Waals surface area (Å²) in [5.74, 6) is -0.0113. The Morgan fingerprint density at radius 2 is 0.549 bits per heavy atom.